The van der Waals surface area contributed by atoms with E-state index in [9.17, 15) is 4.79 Å². The summed E-state index contributed by atoms with van der Waals surface area (Å²) in [7, 11) is 0. The molecule has 1 heterocycles. The Kier molecular flexibility index (Phi) is 1.48. The molecule has 1 saturated heterocycles. The molecule has 0 bridgehead atoms. The van der Waals surface area contributed by atoms with Crippen LogP contribution >= 0.6 is 0 Å². The summed E-state index contributed by atoms with van der Waals surface area (Å²) < 4.78 is 0. The van der Waals surface area contributed by atoms with Gasteiger partial charge >= 0.3 is 0 Å². The summed E-state index contributed by atoms with van der Waals surface area (Å²) in [6.45, 7) is 2.52. The highest BCUT2D eigenvalue weighted by Crippen LogP contribution is 1.89. The maximum atomic E-state index is 10.4. The van der Waals surface area contributed by atoms with Crippen molar-refractivity contribution in [2.75, 3.05) is 6.54 Å². The molecule has 0 aromatic carbocycles. The second-order valence-corrected chi connectivity index (χ2v) is 1.91. The quantitative estimate of drug-likeness (QED) is 0.480. The molecular weight excluding hydrogens is 104 g/mol. The number of amides is 1. The Hall–Kier alpha value is -0.570. The van der Waals surface area contributed by atoms with E-state index in [1.807, 2.05) is 6.92 Å². The predicted octanol–water partition coefficient (Wildman–Crippen LogP) is -0.558. The molecule has 1 aliphatic rings. The van der Waals surface area contributed by atoms with Crippen molar-refractivity contribution in [2.24, 2.45) is 0 Å². The Morgan fingerprint density at radius 3 is 2.88 bits per heavy atom. The molecule has 1 amide bonds. The number of hydrogen-bond acceptors (Lipinski definition) is 2. The lowest BCUT2D eigenvalue weighted by atomic mass is 10.4. The molecule has 2 N–H and O–H groups in total. The third-order valence-corrected chi connectivity index (χ3v) is 1.25. The van der Waals surface area contributed by atoms with Crippen LogP contribution in [0, 0.1) is 0 Å². The molecule has 0 radical (unpaired) electrons. The van der Waals surface area contributed by atoms with E-state index < -0.39 is 0 Å². The summed E-state index contributed by atoms with van der Waals surface area (Å²) in [6, 6.07) is 0. The minimum Gasteiger partial charge on any atom is -0.340 e. The molecule has 1 unspecified atom stereocenters. The van der Waals surface area contributed by atoms with Gasteiger partial charge in [-0.05, 0) is 6.42 Å². The van der Waals surface area contributed by atoms with E-state index in [1.54, 1.807) is 0 Å². The van der Waals surface area contributed by atoms with E-state index in [4.69, 9.17) is 0 Å². The van der Waals surface area contributed by atoms with Gasteiger partial charge in [0.2, 0.25) is 5.91 Å². The van der Waals surface area contributed by atoms with Crippen molar-refractivity contribution in [3.8, 4) is 0 Å². The Morgan fingerprint density at radius 1 is 1.88 bits per heavy atom. The van der Waals surface area contributed by atoms with Crippen LogP contribution in [0.3, 0.4) is 0 Å². The third-order valence-electron chi connectivity index (χ3n) is 1.25. The number of rotatable bonds is 1. The van der Waals surface area contributed by atoms with Crippen molar-refractivity contribution in [3.63, 3.8) is 0 Å². The fourth-order valence-electron chi connectivity index (χ4n) is 0.759. The van der Waals surface area contributed by atoms with Crippen molar-refractivity contribution in [3.05, 3.63) is 0 Å². The second-order valence-electron chi connectivity index (χ2n) is 1.91. The van der Waals surface area contributed by atoms with Crippen LogP contribution in [0.25, 0.3) is 0 Å². The first-order valence-corrected chi connectivity index (χ1v) is 2.85. The molecule has 1 rings (SSSR count). The maximum absolute atomic E-state index is 10.4. The van der Waals surface area contributed by atoms with Crippen molar-refractivity contribution in [1.29, 1.82) is 0 Å². The van der Waals surface area contributed by atoms with E-state index in [0.717, 1.165) is 6.42 Å². The minimum absolute atomic E-state index is 0.108. The minimum atomic E-state index is 0.108. The average Bonchev–Trinajstić information content (AvgIpc) is 2.14. The lowest BCUT2D eigenvalue weighted by Gasteiger charge is -2.03. The van der Waals surface area contributed by atoms with E-state index in [1.165, 1.54) is 0 Å². The highest BCUT2D eigenvalue weighted by Gasteiger charge is 2.16. The van der Waals surface area contributed by atoms with Gasteiger partial charge in [0.05, 0.1) is 12.7 Å². The summed E-state index contributed by atoms with van der Waals surface area (Å²) in [5.74, 6) is 0.108. The first kappa shape index (κ1) is 5.56. The van der Waals surface area contributed by atoms with Crippen LogP contribution in [0.4, 0.5) is 0 Å². The van der Waals surface area contributed by atoms with Crippen LogP contribution in [-0.2, 0) is 4.79 Å². The molecule has 8 heavy (non-hydrogen) atoms. The molecule has 0 aromatic rings. The zero-order valence-electron chi connectivity index (χ0n) is 4.90. The van der Waals surface area contributed by atoms with Gasteiger partial charge in [0, 0.05) is 0 Å². The molecule has 1 atom stereocenters. The fraction of sp³-hybridized carbons (Fsp3) is 0.800. The first-order valence-electron chi connectivity index (χ1n) is 2.85. The normalized spacial score (nSPS) is 28.1. The van der Waals surface area contributed by atoms with Gasteiger partial charge in [0.25, 0.3) is 0 Å². The molecular formula is C5H10N2O. The topological polar surface area (TPSA) is 41.1 Å². The average molecular weight is 114 g/mol. The van der Waals surface area contributed by atoms with Gasteiger partial charge in [-0.15, -0.1) is 0 Å². The second kappa shape index (κ2) is 2.13. The highest BCUT2D eigenvalue weighted by atomic mass is 16.2. The van der Waals surface area contributed by atoms with Crippen LogP contribution in [0.5, 0.6) is 0 Å². The molecule has 1 aliphatic heterocycles. The molecule has 0 aromatic heterocycles. The monoisotopic (exact) mass is 114 g/mol. The van der Waals surface area contributed by atoms with Gasteiger partial charge in [-0.3, -0.25) is 10.1 Å². The number of hydrogen-bond donors (Lipinski definition) is 2. The van der Waals surface area contributed by atoms with E-state index in [2.05, 4.69) is 10.6 Å². The summed E-state index contributed by atoms with van der Waals surface area (Å²) in [5, 5.41) is 5.75. The molecule has 3 heteroatoms. The summed E-state index contributed by atoms with van der Waals surface area (Å²) in [4.78, 5) is 10.4. The fourth-order valence-corrected chi connectivity index (χ4v) is 0.759. The zero-order chi connectivity index (χ0) is 5.98. The van der Waals surface area contributed by atoms with Gasteiger partial charge in [0.1, 0.15) is 0 Å². The predicted molar refractivity (Wildman–Crippen MR) is 30.2 cm³/mol. The van der Waals surface area contributed by atoms with Crippen molar-refractivity contribution >= 4 is 5.91 Å². The molecule has 1 fully saturated rings. The molecule has 3 nitrogen and oxygen atoms in total. The van der Waals surface area contributed by atoms with Crippen molar-refractivity contribution in [2.45, 2.75) is 19.5 Å². The Balaban J connectivity index is 2.32. The number of carbonyl (C=O) groups excluding carboxylic acids is 1. The lowest BCUT2D eigenvalue weighted by Crippen LogP contribution is -2.30. The number of carbonyl (C=O) groups is 1. The Labute approximate surface area is 48.5 Å². The first-order chi connectivity index (χ1) is 3.83. The Morgan fingerprint density at radius 2 is 2.62 bits per heavy atom. The van der Waals surface area contributed by atoms with Crippen LogP contribution < -0.4 is 10.6 Å². The van der Waals surface area contributed by atoms with Gasteiger partial charge in [-0.1, -0.05) is 6.92 Å². The van der Waals surface area contributed by atoms with E-state index in [-0.39, 0.29) is 12.1 Å². The lowest BCUT2D eigenvalue weighted by molar-refractivity contribution is -0.118. The summed E-state index contributed by atoms with van der Waals surface area (Å²) in [5.41, 5.74) is 0. The molecule has 46 valence electrons. The van der Waals surface area contributed by atoms with Crippen LogP contribution in [0.2, 0.25) is 0 Å². The third kappa shape index (κ3) is 0.980. The maximum Gasteiger partial charge on any atom is 0.235 e. The van der Waals surface area contributed by atoms with Gasteiger partial charge < -0.3 is 5.32 Å². The van der Waals surface area contributed by atoms with Crippen LogP contribution in [0.15, 0.2) is 0 Å². The Bertz CT molecular complexity index is 103. The van der Waals surface area contributed by atoms with Gasteiger partial charge in [0.15, 0.2) is 0 Å². The summed E-state index contributed by atoms with van der Waals surface area (Å²) in [6.07, 6.45) is 1.19. The molecule has 0 saturated carbocycles. The standard InChI is InChI=1S/C5H10N2O/c1-2-4-6-3-5(8)7-4/h4,6H,2-3H2,1H3,(H,7,8). The molecule has 0 spiro atoms. The van der Waals surface area contributed by atoms with Crippen molar-refractivity contribution in [1.82, 2.24) is 10.6 Å². The largest absolute Gasteiger partial charge is 0.340 e. The number of nitrogens with one attached hydrogen (secondary N) is 2. The van der Waals surface area contributed by atoms with E-state index in [0.29, 0.717) is 6.54 Å². The SMILES string of the molecule is CCC1NCC(=O)N1. The van der Waals surface area contributed by atoms with Gasteiger partial charge in [-0.25, -0.2) is 0 Å². The zero-order valence-corrected chi connectivity index (χ0v) is 4.90. The molecule has 0 aliphatic carbocycles. The highest BCUT2D eigenvalue weighted by molar-refractivity contribution is 5.80. The van der Waals surface area contributed by atoms with Crippen LogP contribution in [0.1, 0.15) is 13.3 Å². The van der Waals surface area contributed by atoms with Crippen molar-refractivity contribution < 1.29 is 4.79 Å². The van der Waals surface area contributed by atoms with Crippen LogP contribution in [-0.4, -0.2) is 18.6 Å². The van der Waals surface area contributed by atoms with Gasteiger partial charge in [-0.2, -0.15) is 0 Å². The van der Waals surface area contributed by atoms with E-state index >= 15 is 0 Å². The summed E-state index contributed by atoms with van der Waals surface area (Å²) >= 11 is 0. The smallest absolute Gasteiger partial charge is 0.235 e.